The predicted octanol–water partition coefficient (Wildman–Crippen LogP) is 8.60. The number of allylic oxidation sites excluding steroid dienone is 1. The second-order valence-electron chi connectivity index (χ2n) is 11.0. The third-order valence-corrected chi connectivity index (χ3v) is 7.52. The molecule has 5 aromatic rings. The van der Waals surface area contributed by atoms with E-state index in [0.29, 0.717) is 18.9 Å². The average molecular weight is 590 g/mol. The smallest absolute Gasteiger partial charge is 0.335 e. The Morgan fingerprint density at radius 2 is 1.66 bits per heavy atom. The third-order valence-electron chi connectivity index (χ3n) is 7.52. The first-order valence-electron chi connectivity index (χ1n) is 14.7. The van der Waals surface area contributed by atoms with Crippen molar-refractivity contribution in [3.8, 4) is 17.2 Å². The van der Waals surface area contributed by atoms with Crippen LogP contribution >= 0.6 is 0 Å². The van der Waals surface area contributed by atoms with E-state index in [-0.39, 0.29) is 17.9 Å². The van der Waals surface area contributed by atoms with E-state index in [4.69, 9.17) is 14.3 Å². The highest BCUT2D eigenvalue weighted by atomic mass is 16.5. The lowest BCUT2D eigenvalue weighted by atomic mass is 9.92. The minimum absolute atomic E-state index is 0.149. The van der Waals surface area contributed by atoms with Crippen molar-refractivity contribution >= 4 is 29.1 Å². The summed E-state index contributed by atoms with van der Waals surface area (Å²) in [7, 11) is 0. The second kappa shape index (κ2) is 14.3. The summed E-state index contributed by atoms with van der Waals surface area (Å²) in [5.74, 6) is -0.242. The fourth-order valence-electron chi connectivity index (χ4n) is 5.09. The lowest BCUT2D eigenvalue weighted by molar-refractivity contribution is -0.137. The Labute approximate surface area is 256 Å². The number of nitrogens with zero attached hydrogens (tertiary/aromatic N) is 1. The van der Waals surface area contributed by atoms with Crippen LogP contribution in [-0.4, -0.2) is 27.1 Å². The molecule has 0 aliphatic rings. The van der Waals surface area contributed by atoms with Gasteiger partial charge in [-0.05, 0) is 91.3 Å². The van der Waals surface area contributed by atoms with Gasteiger partial charge in [-0.3, -0.25) is 4.79 Å². The minimum atomic E-state index is -0.951. The summed E-state index contributed by atoms with van der Waals surface area (Å²) in [6.45, 7) is 2.43. The lowest BCUT2D eigenvalue weighted by Crippen LogP contribution is -2.04. The number of ether oxygens (including phenoxy) is 1. The van der Waals surface area contributed by atoms with Crippen LogP contribution in [0.5, 0.6) is 5.75 Å². The number of carbonyl (C=O) groups is 2. The highest BCUT2D eigenvalue weighted by Crippen LogP contribution is 2.27. The normalized spacial score (nSPS) is 12.0. The monoisotopic (exact) mass is 589 g/mol. The number of unbranched alkanes of at least 4 members (excludes halogenated alkanes) is 1. The number of rotatable bonds is 14. The van der Waals surface area contributed by atoms with Crippen LogP contribution in [0.25, 0.3) is 28.6 Å². The Kier molecular flexibility index (Phi) is 9.87. The molecule has 1 heterocycles. The molecule has 0 aliphatic heterocycles. The topological polar surface area (TPSA) is 110 Å². The molecule has 0 saturated carbocycles. The van der Waals surface area contributed by atoms with E-state index in [0.717, 1.165) is 63.9 Å². The lowest BCUT2D eigenvalue weighted by Gasteiger charge is -2.14. The number of carboxylic acids is 2. The zero-order valence-electron chi connectivity index (χ0n) is 24.6. The summed E-state index contributed by atoms with van der Waals surface area (Å²) in [6.07, 6.45) is 7.29. The molecule has 1 atom stereocenters. The molecule has 4 aromatic carbocycles. The molecule has 0 aliphatic carbocycles. The largest absolute Gasteiger partial charge is 0.488 e. The number of aryl methyl sites for hydroxylation is 1. The molecule has 44 heavy (non-hydrogen) atoms. The van der Waals surface area contributed by atoms with Gasteiger partial charge in [-0.1, -0.05) is 67.1 Å². The first-order chi connectivity index (χ1) is 21.3. The number of benzene rings is 4. The zero-order valence-corrected chi connectivity index (χ0v) is 24.6. The third kappa shape index (κ3) is 8.22. The molecular weight excluding hydrogens is 554 g/mol. The number of aliphatic carboxylic acids is 1. The van der Waals surface area contributed by atoms with Gasteiger partial charge in [0.25, 0.3) is 0 Å². The Bertz CT molecular complexity index is 1750. The first kappa shape index (κ1) is 30.3. The molecule has 0 spiro atoms. The van der Waals surface area contributed by atoms with Crippen molar-refractivity contribution in [3.05, 3.63) is 125 Å². The number of aromatic carboxylic acids is 1. The van der Waals surface area contributed by atoms with Crippen LogP contribution in [0.15, 0.2) is 101 Å². The van der Waals surface area contributed by atoms with Crippen LogP contribution in [0.2, 0.25) is 0 Å². The molecule has 2 N–H and O–H groups in total. The molecule has 5 rings (SSSR count). The Morgan fingerprint density at radius 1 is 0.909 bits per heavy atom. The standard InChI is InChI=1S/C37H35NO6/c1-25-10-21-34-32(22-25)38-36(44-34)30-17-14-28(15-18-30)24-43-33-8-4-3-7-29(33)16-11-26(6-2-5-9-35(39)40)23-27-12-19-31(20-13-27)37(41)42/h3-4,7-8,10-22,26H,2,5-6,9,23-24H2,1H3,(H,39,40)(H,41,42). The van der Waals surface area contributed by atoms with Crippen molar-refractivity contribution in [2.24, 2.45) is 5.92 Å². The molecule has 0 fully saturated rings. The van der Waals surface area contributed by atoms with Gasteiger partial charge in [0.05, 0.1) is 5.56 Å². The van der Waals surface area contributed by atoms with Crippen LogP contribution in [-0.2, 0) is 17.8 Å². The highest BCUT2D eigenvalue weighted by molar-refractivity contribution is 5.87. The molecule has 0 amide bonds. The molecule has 0 saturated heterocycles. The quantitative estimate of drug-likeness (QED) is 0.125. The van der Waals surface area contributed by atoms with E-state index >= 15 is 0 Å². The van der Waals surface area contributed by atoms with Crippen molar-refractivity contribution in [2.45, 2.75) is 45.6 Å². The van der Waals surface area contributed by atoms with Crippen molar-refractivity contribution in [1.82, 2.24) is 4.98 Å². The Morgan fingerprint density at radius 3 is 2.41 bits per heavy atom. The summed E-state index contributed by atoms with van der Waals surface area (Å²) >= 11 is 0. The molecule has 1 unspecified atom stereocenters. The number of para-hydroxylation sites is 1. The minimum Gasteiger partial charge on any atom is -0.488 e. The van der Waals surface area contributed by atoms with Gasteiger partial charge in [-0.2, -0.15) is 0 Å². The van der Waals surface area contributed by atoms with E-state index in [1.807, 2.05) is 85.8 Å². The van der Waals surface area contributed by atoms with Gasteiger partial charge < -0.3 is 19.4 Å². The van der Waals surface area contributed by atoms with Crippen molar-refractivity contribution in [1.29, 1.82) is 0 Å². The van der Waals surface area contributed by atoms with E-state index in [1.54, 1.807) is 12.1 Å². The molecule has 0 radical (unpaired) electrons. The Hall–Kier alpha value is -5.17. The van der Waals surface area contributed by atoms with E-state index in [9.17, 15) is 14.7 Å². The molecule has 7 nitrogen and oxygen atoms in total. The van der Waals surface area contributed by atoms with Crippen LogP contribution in [0.1, 0.15) is 58.3 Å². The number of fused-ring (bicyclic) bond motifs is 1. The summed E-state index contributed by atoms with van der Waals surface area (Å²) < 4.78 is 12.2. The number of carboxylic acid groups (broad SMARTS) is 2. The number of aromatic nitrogens is 1. The van der Waals surface area contributed by atoms with Crippen molar-refractivity contribution in [3.63, 3.8) is 0 Å². The summed E-state index contributed by atoms with van der Waals surface area (Å²) in [5.41, 5.74) is 6.89. The summed E-state index contributed by atoms with van der Waals surface area (Å²) in [4.78, 5) is 26.8. The number of hydrogen-bond acceptors (Lipinski definition) is 5. The Balaban J connectivity index is 1.25. The maximum Gasteiger partial charge on any atom is 0.335 e. The van der Waals surface area contributed by atoms with Crippen LogP contribution in [0.4, 0.5) is 0 Å². The molecule has 0 bridgehead atoms. The van der Waals surface area contributed by atoms with E-state index in [2.05, 4.69) is 17.1 Å². The summed E-state index contributed by atoms with van der Waals surface area (Å²) in [6, 6.07) is 28.7. The summed E-state index contributed by atoms with van der Waals surface area (Å²) in [5, 5.41) is 18.2. The van der Waals surface area contributed by atoms with Gasteiger partial charge in [0.2, 0.25) is 5.89 Å². The fourth-order valence-corrected chi connectivity index (χ4v) is 5.09. The molecule has 7 heteroatoms. The molecular formula is C37H35NO6. The van der Waals surface area contributed by atoms with Gasteiger partial charge >= 0.3 is 11.9 Å². The molecule has 224 valence electrons. The van der Waals surface area contributed by atoms with Crippen LogP contribution in [0.3, 0.4) is 0 Å². The van der Waals surface area contributed by atoms with Crippen molar-refractivity contribution in [2.75, 3.05) is 0 Å². The van der Waals surface area contributed by atoms with Gasteiger partial charge in [0.15, 0.2) is 5.58 Å². The number of oxazole rings is 1. The fraction of sp³-hybridized carbons (Fsp3) is 0.216. The maximum atomic E-state index is 11.2. The second-order valence-corrected chi connectivity index (χ2v) is 11.0. The van der Waals surface area contributed by atoms with Gasteiger partial charge in [-0.15, -0.1) is 0 Å². The van der Waals surface area contributed by atoms with Crippen molar-refractivity contribution < 1.29 is 29.0 Å². The average Bonchev–Trinajstić information content (AvgIpc) is 3.45. The number of hydrogen-bond donors (Lipinski definition) is 2. The van der Waals surface area contributed by atoms with Crippen LogP contribution in [0, 0.1) is 12.8 Å². The first-order valence-corrected chi connectivity index (χ1v) is 14.7. The van der Waals surface area contributed by atoms with Gasteiger partial charge in [-0.25, -0.2) is 9.78 Å². The van der Waals surface area contributed by atoms with Gasteiger partial charge in [0, 0.05) is 17.5 Å². The van der Waals surface area contributed by atoms with E-state index < -0.39 is 11.9 Å². The van der Waals surface area contributed by atoms with Crippen LogP contribution < -0.4 is 4.74 Å². The van der Waals surface area contributed by atoms with E-state index in [1.165, 1.54) is 0 Å². The molecule has 1 aromatic heterocycles. The maximum absolute atomic E-state index is 11.2. The highest BCUT2D eigenvalue weighted by Gasteiger charge is 2.11. The predicted molar refractivity (Wildman–Crippen MR) is 171 cm³/mol. The SMILES string of the molecule is Cc1ccc2oc(-c3ccc(COc4ccccc4C=CC(CCCCC(=O)O)Cc4ccc(C(=O)O)cc4)cc3)nc2c1. The zero-order chi connectivity index (χ0) is 30.9. The van der Waals surface area contributed by atoms with Gasteiger partial charge in [0.1, 0.15) is 17.9 Å².